The van der Waals surface area contributed by atoms with Crippen molar-refractivity contribution in [3.05, 3.63) is 51.2 Å². The van der Waals surface area contributed by atoms with Gasteiger partial charge in [0.2, 0.25) is 11.3 Å². The van der Waals surface area contributed by atoms with Gasteiger partial charge in [0.1, 0.15) is 11.5 Å². The summed E-state index contributed by atoms with van der Waals surface area (Å²) in [5.41, 5.74) is 1.56. The van der Waals surface area contributed by atoms with Crippen molar-refractivity contribution in [3.63, 3.8) is 0 Å². The van der Waals surface area contributed by atoms with Crippen molar-refractivity contribution in [2.24, 2.45) is 0 Å². The van der Waals surface area contributed by atoms with Gasteiger partial charge in [-0.15, -0.1) is 0 Å². The number of hydrogen-bond acceptors (Lipinski definition) is 5. The van der Waals surface area contributed by atoms with E-state index in [1.807, 2.05) is 6.07 Å². The Balaban J connectivity index is 1.81. The Morgan fingerprint density at radius 1 is 1.26 bits per heavy atom. The monoisotopic (exact) mass is 316 g/mol. The third-order valence-corrected chi connectivity index (χ3v) is 3.75. The Morgan fingerprint density at radius 2 is 2.13 bits per heavy atom. The van der Waals surface area contributed by atoms with E-state index in [9.17, 15) is 9.18 Å². The predicted octanol–water partition coefficient (Wildman–Crippen LogP) is 2.77. The van der Waals surface area contributed by atoms with Gasteiger partial charge in [-0.1, -0.05) is 31.9 Å². The third kappa shape index (κ3) is 3.44. The number of hydrogen-bond donors (Lipinski definition) is 1. The molecule has 0 aliphatic heterocycles. The Morgan fingerprint density at radius 3 is 2.91 bits per heavy atom. The van der Waals surface area contributed by atoms with E-state index in [0.29, 0.717) is 5.56 Å². The van der Waals surface area contributed by atoms with Gasteiger partial charge in [-0.3, -0.25) is 9.78 Å². The van der Waals surface area contributed by atoms with E-state index < -0.39 is 5.56 Å². The van der Waals surface area contributed by atoms with Crippen molar-refractivity contribution in [2.45, 2.75) is 39.0 Å². The molecule has 0 saturated carbocycles. The van der Waals surface area contributed by atoms with E-state index in [1.165, 1.54) is 6.07 Å². The number of aryl methyl sites for hydroxylation is 1. The molecular weight excluding hydrogens is 299 g/mol. The zero-order valence-corrected chi connectivity index (χ0v) is 12.8. The van der Waals surface area contributed by atoms with E-state index in [4.69, 9.17) is 0 Å². The molecule has 1 aromatic carbocycles. The molecule has 0 aliphatic carbocycles. The summed E-state index contributed by atoms with van der Waals surface area (Å²) in [6.07, 6.45) is 4.27. The first-order valence-electron chi connectivity index (χ1n) is 7.66. The third-order valence-electron chi connectivity index (χ3n) is 3.75. The lowest BCUT2D eigenvalue weighted by atomic mass is 10.0. The fourth-order valence-corrected chi connectivity index (χ4v) is 2.46. The zero-order chi connectivity index (χ0) is 16.2. The lowest BCUT2D eigenvalue weighted by Crippen LogP contribution is -2.16. The summed E-state index contributed by atoms with van der Waals surface area (Å²) in [7, 11) is 0. The Hall–Kier alpha value is -2.57. The molecule has 0 aliphatic rings. The first-order chi connectivity index (χ1) is 11.2. The highest BCUT2D eigenvalue weighted by atomic mass is 19.1. The van der Waals surface area contributed by atoms with Gasteiger partial charge < -0.3 is 0 Å². The van der Waals surface area contributed by atoms with Crippen molar-refractivity contribution >= 4 is 11.3 Å². The van der Waals surface area contributed by atoms with Crippen LogP contribution >= 0.6 is 0 Å². The number of unbranched alkanes of at least 4 members (excludes halogenated alkanes) is 2. The van der Waals surface area contributed by atoms with Crippen molar-refractivity contribution in [1.29, 1.82) is 0 Å². The average Bonchev–Trinajstić information content (AvgIpc) is 2.97. The lowest BCUT2D eigenvalue weighted by molar-refractivity contribution is 0.314. The second-order valence-corrected chi connectivity index (χ2v) is 5.51. The number of H-pyrrole nitrogens is 1. The van der Waals surface area contributed by atoms with Gasteiger partial charge in [-0.2, -0.15) is 0 Å². The molecule has 23 heavy (non-hydrogen) atoms. The van der Waals surface area contributed by atoms with Crippen molar-refractivity contribution in [3.8, 4) is 0 Å². The van der Waals surface area contributed by atoms with Crippen LogP contribution in [0.15, 0.2) is 27.6 Å². The van der Waals surface area contributed by atoms with Crippen LogP contribution in [-0.4, -0.2) is 20.3 Å². The van der Waals surface area contributed by atoms with E-state index in [1.54, 1.807) is 6.07 Å². The molecule has 0 unspecified atom stereocenters. The largest absolute Gasteiger partial charge is 0.299 e. The molecule has 0 bridgehead atoms. The molecule has 120 valence electrons. The highest BCUT2D eigenvalue weighted by molar-refractivity contribution is 5.62. The van der Waals surface area contributed by atoms with Crippen LogP contribution in [0.1, 0.15) is 43.0 Å². The number of aromatic amines is 1. The van der Waals surface area contributed by atoms with Crippen LogP contribution in [0.5, 0.6) is 0 Å². The van der Waals surface area contributed by atoms with E-state index in [2.05, 4.69) is 31.8 Å². The van der Waals surface area contributed by atoms with Gasteiger partial charge in [0.05, 0.1) is 0 Å². The van der Waals surface area contributed by atoms with Crippen LogP contribution in [0, 0.1) is 5.82 Å². The molecule has 2 aromatic heterocycles. The van der Waals surface area contributed by atoms with Gasteiger partial charge in [-0.25, -0.2) is 14.0 Å². The normalized spacial score (nSPS) is 11.2. The van der Waals surface area contributed by atoms with E-state index in [-0.39, 0.29) is 29.2 Å². The topological polar surface area (TPSA) is 84.7 Å². The minimum absolute atomic E-state index is 0.0964. The summed E-state index contributed by atoms with van der Waals surface area (Å²) in [4.78, 5) is 18.5. The number of aromatic nitrogens is 4. The molecule has 6 nitrogen and oxygen atoms in total. The van der Waals surface area contributed by atoms with Crippen LogP contribution < -0.4 is 5.56 Å². The average molecular weight is 316 g/mol. The number of halogens is 1. The van der Waals surface area contributed by atoms with Crippen LogP contribution in [-0.2, 0) is 12.8 Å². The summed E-state index contributed by atoms with van der Waals surface area (Å²) in [6, 6.07) is 5.15. The Kier molecular flexibility index (Phi) is 4.45. The molecule has 0 saturated heterocycles. The molecule has 0 fully saturated rings. The molecule has 7 heteroatoms. The van der Waals surface area contributed by atoms with Crippen LogP contribution in [0.4, 0.5) is 4.39 Å². The number of rotatable bonds is 6. The van der Waals surface area contributed by atoms with Crippen LogP contribution in [0.3, 0.4) is 0 Å². The maximum absolute atomic E-state index is 14.2. The number of fused-ring (bicyclic) bond motifs is 1. The summed E-state index contributed by atoms with van der Waals surface area (Å²) in [5.74, 6) is -0.321. The van der Waals surface area contributed by atoms with Gasteiger partial charge in [0.15, 0.2) is 0 Å². The molecule has 3 aromatic rings. The first kappa shape index (κ1) is 15.3. The maximum atomic E-state index is 14.2. The molecule has 3 rings (SSSR count). The van der Waals surface area contributed by atoms with Crippen LogP contribution in [0.25, 0.3) is 11.3 Å². The SMILES string of the molecule is CCCCCc1ccc(Cc2nc3nonc3[nH]c2=O)c(F)c1. The van der Waals surface area contributed by atoms with Crippen LogP contribution in [0.2, 0.25) is 0 Å². The van der Waals surface area contributed by atoms with Crippen molar-refractivity contribution in [1.82, 2.24) is 20.3 Å². The van der Waals surface area contributed by atoms with Gasteiger partial charge in [0.25, 0.3) is 5.56 Å². The standard InChI is InChI=1S/C16H17FN4O2/c1-2-3-4-5-10-6-7-11(12(17)8-10)9-13-16(22)19-15-14(18-13)20-23-21-15/h6-8H,2-5,9H2,1H3,(H,19,21,22). The molecule has 2 heterocycles. The number of nitrogens with zero attached hydrogens (tertiary/aromatic N) is 3. The van der Waals surface area contributed by atoms with Gasteiger partial charge >= 0.3 is 0 Å². The minimum Gasteiger partial charge on any atom is -0.299 e. The molecule has 0 spiro atoms. The minimum atomic E-state index is -0.417. The molecule has 0 amide bonds. The summed E-state index contributed by atoms with van der Waals surface area (Å²) >= 11 is 0. The van der Waals surface area contributed by atoms with Crippen molar-refractivity contribution < 1.29 is 9.02 Å². The molecular formula is C16H17FN4O2. The molecule has 0 atom stereocenters. The molecule has 0 radical (unpaired) electrons. The highest BCUT2D eigenvalue weighted by Gasteiger charge is 2.12. The summed E-state index contributed by atoms with van der Waals surface area (Å²) < 4.78 is 18.7. The highest BCUT2D eigenvalue weighted by Crippen LogP contribution is 2.15. The predicted molar refractivity (Wildman–Crippen MR) is 82.7 cm³/mol. The van der Waals surface area contributed by atoms with E-state index in [0.717, 1.165) is 31.2 Å². The zero-order valence-electron chi connectivity index (χ0n) is 12.8. The fourth-order valence-electron chi connectivity index (χ4n) is 2.46. The number of benzene rings is 1. The molecule has 1 N–H and O–H groups in total. The maximum Gasteiger partial charge on any atom is 0.271 e. The number of nitrogens with one attached hydrogen (secondary N) is 1. The van der Waals surface area contributed by atoms with Gasteiger partial charge in [-0.05, 0) is 40.3 Å². The summed E-state index contributed by atoms with van der Waals surface area (Å²) in [5, 5.41) is 7.09. The second-order valence-electron chi connectivity index (χ2n) is 5.51. The lowest BCUT2D eigenvalue weighted by Gasteiger charge is -2.06. The first-order valence-corrected chi connectivity index (χ1v) is 7.66. The Labute approximate surface area is 131 Å². The quantitative estimate of drug-likeness (QED) is 0.707. The smallest absolute Gasteiger partial charge is 0.271 e. The summed E-state index contributed by atoms with van der Waals surface area (Å²) in [6.45, 7) is 2.13. The fraction of sp³-hybridized carbons (Fsp3) is 0.375. The van der Waals surface area contributed by atoms with E-state index >= 15 is 0 Å². The van der Waals surface area contributed by atoms with Crippen molar-refractivity contribution in [2.75, 3.05) is 0 Å². The second kappa shape index (κ2) is 6.68. The van der Waals surface area contributed by atoms with Gasteiger partial charge in [0, 0.05) is 6.42 Å². The Bertz CT molecular complexity index is 872.